The molecule has 0 saturated carbocycles. The highest BCUT2D eigenvalue weighted by molar-refractivity contribution is 7.62. The molecule has 7 nitrogen and oxygen atoms in total. The first-order valence-electron chi connectivity index (χ1n) is 3.99. The van der Waals surface area contributed by atoms with E-state index in [1.807, 2.05) is 0 Å². The Labute approximate surface area is 90.7 Å². The molecule has 1 rings (SSSR count). The third-order valence-corrected chi connectivity index (χ3v) is 4.01. The second-order valence-electron chi connectivity index (χ2n) is 3.20. The van der Waals surface area contributed by atoms with Crippen LogP contribution < -0.4 is 10.6 Å². The lowest BCUT2D eigenvalue weighted by molar-refractivity contribution is 0.386. The second-order valence-corrected chi connectivity index (χ2v) is 6.37. The molecule has 1 aromatic rings. The first-order chi connectivity index (χ1) is 7.03. The van der Waals surface area contributed by atoms with E-state index in [2.05, 4.69) is 0 Å². The highest BCUT2D eigenvalue weighted by Crippen LogP contribution is 2.40. The molecule has 1 aromatic carbocycles. The summed E-state index contributed by atoms with van der Waals surface area (Å²) in [7, 11) is -9.35. The van der Waals surface area contributed by atoms with Gasteiger partial charge in [-0.15, -0.1) is 0 Å². The van der Waals surface area contributed by atoms with E-state index in [1.165, 1.54) is 6.92 Å². The molecule has 9 heteroatoms. The van der Waals surface area contributed by atoms with E-state index < -0.39 is 31.6 Å². The summed E-state index contributed by atoms with van der Waals surface area (Å²) in [6.07, 6.45) is 0. The number of phenolic OH excluding ortho intramolecular Hbond substituents is 1. The van der Waals surface area contributed by atoms with Crippen molar-refractivity contribution in [1.29, 1.82) is 0 Å². The first-order valence-corrected chi connectivity index (χ1v) is 7.22. The van der Waals surface area contributed by atoms with Crippen molar-refractivity contribution in [3.63, 3.8) is 0 Å². The summed E-state index contributed by atoms with van der Waals surface area (Å²) in [6.45, 7) is 1.24. The Morgan fingerprint density at radius 3 is 1.88 bits per heavy atom. The maximum Gasteiger partial charge on any atom is 0.356 e. The summed E-state index contributed by atoms with van der Waals surface area (Å²) < 4.78 is 21.9. The van der Waals surface area contributed by atoms with Gasteiger partial charge in [0.15, 0.2) is 0 Å². The highest BCUT2D eigenvalue weighted by atomic mass is 31.2. The molecular formula is C7H10O7P2. The van der Waals surface area contributed by atoms with E-state index in [9.17, 15) is 14.2 Å². The maximum atomic E-state index is 11.0. The van der Waals surface area contributed by atoms with Gasteiger partial charge < -0.3 is 24.7 Å². The highest BCUT2D eigenvalue weighted by Gasteiger charge is 2.27. The van der Waals surface area contributed by atoms with Gasteiger partial charge in [-0.3, -0.25) is 9.13 Å². The Bertz CT molecular complexity index is 512. The van der Waals surface area contributed by atoms with Crippen LogP contribution in [0.4, 0.5) is 0 Å². The molecule has 0 aromatic heterocycles. The van der Waals surface area contributed by atoms with E-state index in [4.69, 9.17) is 19.6 Å². The van der Waals surface area contributed by atoms with Crippen molar-refractivity contribution in [2.75, 3.05) is 0 Å². The predicted molar refractivity (Wildman–Crippen MR) is 56.2 cm³/mol. The molecule has 0 atom stereocenters. The minimum absolute atomic E-state index is 0.106. The average Bonchev–Trinajstić information content (AvgIpc) is 2.05. The van der Waals surface area contributed by atoms with Crippen molar-refractivity contribution in [1.82, 2.24) is 0 Å². The summed E-state index contributed by atoms with van der Waals surface area (Å²) in [5, 5.41) is 8.10. The van der Waals surface area contributed by atoms with Gasteiger partial charge in [0.1, 0.15) is 5.75 Å². The molecule has 16 heavy (non-hydrogen) atoms. The lowest BCUT2D eigenvalue weighted by atomic mass is 10.2. The molecule has 0 aliphatic carbocycles. The second kappa shape index (κ2) is 3.96. The van der Waals surface area contributed by atoms with E-state index in [0.717, 1.165) is 6.07 Å². The zero-order chi connectivity index (χ0) is 12.7. The molecule has 5 N–H and O–H groups in total. The Balaban J connectivity index is 3.59. The van der Waals surface area contributed by atoms with Crippen LogP contribution in [-0.2, 0) is 9.13 Å². The minimum Gasteiger partial charge on any atom is -0.508 e. The summed E-state index contributed by atoms with van der Waals surface area (Å²) in [5.74, 6) is -0.570. The van der Waals surface area contributed by atoms with Crippen molar-refractivity contribution >= 4 is 25.8 Å². The molecule has 0 amide bonds. The Morgan fingerprint density at radius 2 is 1.50 bits per heavy atom. The van der Waals surface area contributed by atoms with Crippen LogP contribution in [-0.4, -0.2) is 24.7 Å². The Kier molecular flexibility index (Phi) is 3.32. The van der Waals surface area contributed by atoms with Crippen LogP contribution in [0.1, 0.15) is 5.56 Å². The van der Waals surface area contributed by atoms with Crippen molar-refractivity contribution < 1.29 is 33.8 Å². The summed E-state index contributed by atoms with van der Waals surface area (Å²) in [5.41, 5.74) is -0.106. The zero-order valence-corrected chi connectivity index (χ0v) is 9.89. The molecule has 0 heterocycles. The van der Waals surface area contributed by atoms with E-state index in [1.54, 1.807) is 0 Å². The van der Waals surface area contributed by atoms with Crippen LogP contribution in [0.25, 0.3) is 0 Å². The third-order valence-electron chi connectivity index (χ3n) is 1.99. The standard InChI is InChI=1S/C7H10O7P2/c1-4-6(8)2-5(15(9,10)11)3-7(4)16(12,13)14/h2-3,8H,1H3,(H2,9,10,11)(H2,12,13,14). The van der Waals surface area contributed by atoms with Gasteiger partial charge in [0.2, 0.25) is 0 Å². The van der Waals surface area contributed by atoms with Crippen LogP contribution in [0.5, 0.6) is 5.75 Å². The number of benzene rings is 1. The van der Waals surface area contributed by atoms with Crippen LogP contribution in [0, 0.1) is 6.92 Å². The van der Waals surface area contributed by atoms with E-state index >= 15 is 0 Å². The topological polar surface area (TPSA) is 135 Å². The summed E-state index contributed by atoms with van der Waals surface area (Å²) in [4.78, 5) is 35.5. The minimum atomic E-state index is -4.68. The Hall–Kier alpha value is -0.680. The molecule has 0 fully saturated rings. The molecule has 0 radical (unpaired) electrons. The molecule has 0 aliphatic heterocycles. The molecular weight excluding hydrogens is 258 g/mol. The van der Waals surface area contributed by atoms with Crippen LogP contribution >= 0.6 is 15.2 Å². The molecule has 0 aliphatic rings. The Morgan fingerprint density at radius 1 is 1.00 bits per heavy atom. The average molecular weight is 268 g/mol. The number of phenols is 1. The molecule has 0 spiro atoms. The van der Waals surface area contributed by atoms with Gasteiger partial charge in [0.25, 0.3) is 0 Å². The van der Waals surface area contributed by atoms with Gasteiger partial charge in [-0.25, -0.2) is 0 Å². The third kappa shape index (κ3) is 2.71. The van der Waals surface area contributed by atoms with Gasteiger partial charge in [-0.05, 0) is 19.1 Å². The maximum absolute atomic E-state index is 11.0. The van der Waals surface area contributed by atoms with Gasteiger partial charge in [0, 0.05) is 5.56 Å². The molecule has 0 unspecified atom stereocenters. The quantitative estimate of drug-likeness (QED) is 0.448. The number of rotatable bonds is 2. The fraction of sp³-hybridized carbons (Fsp3) is 0.143. The lowest BCUT2D eigenvalue weighted by Gasteiger charge is -2.12. The van der Waals surface area contributed by atoms with Crippen molar-refractivity contribution in [2.24, 2.45) is 0 Å². The first kappa shape index (κ1) is 13.4. The van der Waals surface area contributed by atoms with E-state index in [-0.39, 0.29) is 5.56 Å². The zero-order valence-electron chi connectivity index (χ0n) is 8.10. The van der Waals surface area contributed by atoms with Crippen LogP contribution in [0.2, 0.25) is 0 Å². The van der Waals surface area contributed by atoms with Crippen molar-refractivity contribution in [3.05, 3.63) is 17.7 Å². The van der Waals surface area contributed by atoms with Crippen LogP contribution in [0.3, 0.4) is 0 Å². The van der Waals surface area contributed by atoms with Gasteiger partial charge in [-0.1, -0.05) is 0 Å². The summed E-state index contributed by atoms with van der Waals surface area (Å²) >= 11 is 0. The predicted octanol–water partition coefficient (Wildman–Crippen LogP) is -0.693. The normalized spacial score (nSPS) is 12.8. The van der Waals surface area contributed by atoms with Gasteiger partial charge in [0.05, 0.1) is 10.6 Å². The van der Waals surface area contributed by atoms with Gasteiger partial charge in [-0.2, -0.15) is 0 Å². The van der Waals surface area contributed by atoms with Gasteiger partial charge >= 0.3 is 15.2 Å². The van der Waals surface area contributed by atoms with E-state index in [0.29, 0.717) is 6.07 Å². The number of hydrogen-bond acceptors (Lipinski definition) is 3. The number of aromatic hydroxyl groups is 1. The smallest absolute Gasteiger partial charge is 0.356 e. The molecule has 0 bridgehead atoms. The molecule has 90 valence electrons. The van der Waals surface area contributed by atoms with Crippen molar-refractivity contribution in [3.8, 4) is 5.75 Å². The molecule has 0 saturated heterocycles. The monoisotopic (exact) mass is 268 g/mol. The lowest BCUT2D eigenvalue weighted by Crippen LogP contribution is -2.16. The fourth-order valence-corrected chi connectivity index (χ4v) is 2.69. The van der Waals surface area contributed by atoms with Crippen molar-refractivity contribution in [2.45, 2.75) is 6.92 Å². The van der Waals surface area contributed by atoms with Crippen LogP contribution in [0.15, 0.2) is 12.1 Å². The fourth-order valence-electron chi connectivity index (χ4n) is 1.14. The SMILES string of the molecule is Cc1c(O)cc(P(=O)(O)O)cc1P(=O)(O)O. The number of hydrogen-bond donors (Lipinski definition) is 5. The summed E-state index contributed by atoms with van der Waals surface area (Å²) in [6, 6.07) is 1.49. The largest absolute Gasteiger partial charge is 0.508 e.